The molecular weight excluding hydrogens is 653 g/mol. The molecule has 0 bridgehead atoms. The molecule has 0 saturated heterocycles. The maximum Gasteiger partial charge on any atom is 0.0540 e. The second kappa shape index (κ2) is 13.4. The molecule has 54 heavy (non-hydrogen) atoms. The Morgan fingerprint density at radius 2 is 0.648 bits per heavy atom. The van der Waals surface area contributed by atoms with Crippen LogP contribution in [0.1, 0.15) is 0 Å². The minimum absolute atomic E-state index is 1.12. The van der Waals surface area contributed by atoms with Crippen molar-refractivity contribution in [1.82, 2.24) is 0 Å². The Bertz CT molecular complexity index is 2920. The van der Waals surface area contributed by atoms with Gasteiger partial charge in [0.05, 0.1) is 11.4 Å². The highest BCUT2D eigenvalue weighted by atomic mass is 15.1. The van der Waals surface area contributed by atoms with Gasteiger partial charge in [0.1, 0.15) is 0 Å². The van der Waals surface area contributed by atoms with Gasteiger partial charge in [-0.15, -0.1) is 0 Å². The summed E-state index contributed by atoms with van der Waals surface area (Å²) in [5.74, 6) is 0. The van der Waals surface area contributed by atoms with Crippen molar-refractivity contribution in [1.29, 1.82) is 0 Å². The summed E-state index contributed by atoms with van der Waals surface area (Å²) < 4.78 is 0. The largest absolute Gasteiger partial charge is 0.310 e. The molecule has 0 aromatic heterocycles. The molecular formula is C52H36N2. The summed E-state index contributed by atoms with van der Waals surface area (Å²) in [4.78, 5) is 4.73. The van der Waals surface area contributed by atoms with Gasteiger partial charge in [-0.1, -0.05) is 152 Å². The Morgan fingerprint density at radius 1 is 0.222 bits per heavy atom. The van der Waals surface area contributed by atoms with Crippen molar-refractivity contribution in [3.05, 3.63) is 218 Å². The molecule has 0 aliphatic rings. The zero-order valence-corrected chi connectivity index (χ0v) is 29.7. The van der Waals surface area contributed by atoms with Crippen molar-refractivity contribution in [2.75, 3.05) is 9.80 Å². The Labute approximate surface area is 315 Å². The SMILES string of the molecule is c1ccc(N(c2ccc(-c3ccc4c(ccc5cc(N(c6ccccc6)c6cccc7ccccc67)ccc54)c3)cc2)c2cccc3ccccc23)cc1. The summed E-state index contributed by atoms with van der Waals surface area (Å²) in [6.45, 7) is 0. The molecule has 0 saturated carbocycles. The first kappa shape index (κ1) is 31.6. The summed E-state index contributed by atoms with van der Waals surface area (Å²) in [6.07, 6.45) is 0. The third-order valence-electron chi connectivity index (χ3n) is 10.6. The summed E-state index contributed by atoms with van der Waals surface area (Å²) in [7, 11) is 0. The van der Waals surface area contributed by atoms with E-state index >= 15 is 0 Å². The molecule has 2 nitrogen and oxygen atoms in total. The van der Waals surface area contributed by atoms with E-state index < -0.39 is 0 Å². The van der Waals surface area contributed by atoms with Crippen LogP contribution in [-0.2, 0) is 0 Å². The minimum atomic E-state index is 1.12. The number of hydrogen-bond donors (Lipinski definition) is 0. The van der Waals surface area contributed by atoms with E-state index in [9.17, 15) is 0 Å². The Balaban J connectivity index is 1.01. The first-order valence-electron chi connectivity index (χ1n) is 18.5. The van der Waals surface area contributed by atoms with E-state index in [0.717, 1.165) is 28.4 Å². The number of para-hydroxylation sites is 2. The van der Waals surface area contributed by atoms with Crippen LogP contribution in [0.2, 0.25) is 0 Å². The first-order chi connectivity index (χ1) is 26.8. The molecule has 254 valence electrons. The van der Waals surface area contributed by atoms with Crippen LogP contribution in [0.5, 0.6) is 0 Å². The van der Waals surface area contributed by atoms with Crippen LogP contribution in [0, 0.1) is 0 Å². The number of hydrogen-bond acceptors (Lipinski definition) is 2. The summed E-state index contributed by atoms with van der Waals surface area (Å²) in [6, 6.07) is 78.8. The Morgan fingerprint density at radius 3 is 1.24 bits per heavy atom. The fraction of sp³-hybridized carbons (Fsp3) is 0. The zero-order chi connectivity index (χ0) is 35.8. The molecule has 0 unspecified atom stereocenters. The van der Waals surface area contributed by atoms with E-state index in [0.29, 0.717) is 0 Å². The van der Waals surface area contributed by atoms with E-state index in [2.05, 4.69) is 228 Å². The van der Waals surface area contributed by atoms with Crippen LogP contribution >= 0.6 is 0 Å². The van der Waals surface area contributed by atoms with E-state index in [4.69, 9.17) is 0 Å². The summed E-state index contributed by atoms with van der Waals surface area (Å²) in [5, 5.41) is 9.85. The molecule has 0 radical (unpaired) electrons. The molecule has 2 heteroatoms. The van der Waals surface area contributed by atoms with Crippen molar-refractivity contribution in [3.63, 3.8) is 0 Å². The van der Waals surface area contributed by atoms with Crippen molar-refractivity contribution >= 4 is 77.2 Å². The van der Waals surface area contributed by atoms with Crippen LogP contribution in [0.25, 0.3) is 54.2 Å². The highest BCUT2D eigenvalue weighted by molar-refractivity contribution is 6.10. The predicted octanol–water partition coefficient (Wildman–Crippen LogP) is 14.9. The monoisotopic (exact) mass is 688 g/mol. The average molecular weight is 689 g/mol. The van der Waals surface area contributed by atoms with Crippen LogP contribution < -0.4 is 9.80 Å². The molecule has 0 atom stereocenters. The van der Waals surface area contributed by atoms with E-state index in [1.54, 1.807) is 0 Å². The first-order valence-corrected chi connectivity index (χ1v) is 18.5. The second-order valence-corrected chi connectivity index (χ2v) is 13.8. The number of rotatable bonds is 7. The lowest BCUT2D eigenvalue weighted by Gasteiger charge is -2.27. The van der Waals surface area contributed by atoms with Crippen molar-refractivity contribution in [2.24, 2.45) is 0 Å². The molecule has 10 rings (SSSR count). The van der Waals surface area contributed by atoms with Gasteiger partial charge in [0.25, 0.3) is 0 Å². The second-order valence-electron chi connectivity index (χ2n) is 13.8. The number of fused-ring (bicyclic) bond motifs is 5. The molecule has 10 aromatic rings. The van der Waals surface area contributed by atoms with Crippen LogP contribution in [0.3, 0.4) is 0 Å². The third-order valence-corrected chi connectivity index (χ3v) is 10.6. The lowest BCUT2D eigenvalue weighted by molar-refractivity contribution is 1.30. The maximum atomic E-state index is 2.37. The van der Waals surface area contributed by atoms with Crippen molar-refractivity contribution < 1.29 is 0 Å². The smallest absolute Gasteiger partial charge is 0.0540 e. The topological polar surface area (TPSA) is 6.48 Å². The van der Waals surface area contributed by atoms with Gasteiger partial charge in [-0.25, -0.2) is 0 Å². The number of anilines is 6. The van der Waals surface area contributed by atoms with Crippen molar-refractivity contribution in [3.8, 4) is 11.1 Å². The van der Waals surface area contributed by atoms with Gasteiger partial charge in [-0.05, 0) is 110 Å². The molecule has 0 fully saturated rings. The van der Waals surface area contributed by atoms with Crippen molar-refractivity contribution in [2.45, 2.75) is 0 Å². The van der Waals surface area contributed by atoms with E-state index in [1.807, 2.05) is 0 Å². The van der Waals surface area contributed by atoms with Gasteiger partial charge in [0, 0.05) is 33.5 Å². The van der Waals surface area contributed by atoms with Gasteiger partial charge in [0.15, 0.2) is 0 Å². The molecule has 0 N–H and O–H groups in total. The highest BCUT2D eigenvalue weighted by Crippen LogP contribution is 2.42. The lowest BCUT2D eigenvalue weighted by atomic mass is 9.96. The molecule has 10 aromatic carbocycles. The quantitative estimate of drug-likeness (QED) is 0.154. The van der Waals surface area contributed by atoms with Gasteiger partial charge in [-0.2, -0.15) is 0 Å². The lowest BCUT2D eigenvalue weighted by Crippen LogP contribution is -2.10. The summed E-state index contributed by atoms with van der Waals surface area (Å²) >= 11 is 0. The van der Waals surface area contributed by atoms with Crippen LogP contribution in [0.15, 0.2) is 218 Å². The maximum absolute atomic E-state index is 2.37. The van der Waals surface area contributed by atoms with Crippen LogP contribution in [-0.4, -0.2) is 0 Å². The fourth-order valence-electron chi connectivity index (χ4n) is 8.00. The molecule has 0 aliphatic carbocycles. The minimum Gasteiger partial charge on any atom is -0.310 e. The van der Waals surface area contributed by atoms with Gasteiger partial charge in [-0.3, -0.25) is 0 Å². The normalized spacial score (nSPS) is 11.3. The molecule has 0 spiro atoms. The molecule has 0 aliphatic heterocycles. The standard InChI is InChI=1S/C52H36N2/c1-3-17-43(18-4-1)53(51-23-11-15-38-13-7-9-21-49(38)51)45-30-27-37(28-31-45)40-29-33-47-41(35-40)25-26-42-36-46(32-34-48(42)47)54(44-19-5-2-6-20-44)52-24-12-16-39-14-8-10-22-50(39)52/h1-36H. The summed E-state index contributed by atoms with van der Waals surface area (Å²) in [5.41, 5.74) is 9.24. The number of nitrogens with zero attached hydrogens (tertiary/aromatic N) is 2. The fourth-order valence-corrected chi connectivity index (χ4v) is 8.00. The average Bonchev–Trinajstić information content (AvgIpc) is 3.25. The van der Waals surface area contributed by atoms with Crippen LogP contribution in [0.4, 0.5) is 34.1 Å². The third kappa shape index (κ3) is 5.62. The molecule has 0 heterocycles. The number of benzene rings is 10. The van der Waals surface area contributed by atoms with Gasteiger partial charge >= 0.3 is 0 Å². The van der Waals surface area contributed by atoms with E-state index in [1.165, 1.54) is 59.9 Å². The van der Waals surface area contributed by atoms with Gasteiger partial charge < -0.3 is 9.80 Å². The highest BCUT2D eigenvalue weighted by Gasteiger charge is 2.17. The zero-order valence-electron chi connectivity index (χ0n) is 29.7. The van der Waals surface area contributed by atoms with Gasteiger partial charge in [0.2, 0.25) is 0 Å². The Hall–Kier alpha value is -7.16. The van der Waals surface area contributed by atoms with E-state index in [-0.39, 0.29) is 0 Å². The Kier molecular flexibility index (Phi) is 7.85. The predicted molar refractivity (Wildman–Crippen MR) is 231 cm³/mol. The molecule has 0 amide bonds.